The molecule has 11 nitrogen and oxygen atoms in total. The van der Waals surface area contributed by atoms with E-state index in [4.69, 9.17) is 9.84 Å². The van der Waals surface area contributed by atoms with Gasteiger partial charge in [-0.3, -0.25) is 14.3 Å². The van der Waals surface area contributed by atoms with Crippen molar-refractivity contribution in [1.82, 2.24) is 30.1 Å². The predicted molar refractivity (Wildman–Crippen MR) is 112 cm³/mol. The van der Waals surface area contributed by atoms with Gasteiger partial charge in [0.15, 0.2) is 0 Å². The monoisotopic (exact) mass is 494 g/mol. The molecule has 4 rings (SSSR count). The first-order valence-electron chi connectivity index (χ1n) is 10.6. The molecule has 1 atom stereocenters. The van der Waals surface area contributed by atoms with E-state index < -0.39 is 24.0 Å². The summed E-state index contributed by atoms with van der Waals surface area (Å²) < 4.78 is 49.0. The SMILES string of the molecule is O=C(NC[C@H]1COCCN1C(=O)c1ccnn1CCO)c1ccc(-c2noc(C(F)(F)F)n2)cc1. The Balaban J connectivity index is 1.39. The number of carbonyl (C=O) groups excluding carboxylic acids is 2. The molecule has 3 heterocycles. The Bertz CT molecular complexity index is 1180. The van der Waals surface area contributed by atoms with E-state index in [1.807, 2.05) is 0 Å². The van der Waals surface area contributed by atoms with Crippen molar-refractivity contribution >= 4 is 11.8 Å². The molecular weight excluding hydrogens is 473 g/mol. The number of carbonyl (C=O) groups is 2. The van der Waals surface area contributed by atoms with Crippen LogP contribution in [0.3, 0.4) is 0 Å². The van der Waals surface area contributed by atoms with Crippen LogP contribution in [0.15, 0.2) is 41.1 Å². The number of aliphatic hydroxyl groups excluding tert-OH is 1. The van der Waals surface area contributed by atoms with Crippen molar-refractivity contribution in [1.29, 1.82) is 0 Å². The van der Waals surface area contributed by atoms with Crippen LogP contribution in [-0.4, -0.2) is 80.7 Å². The van der Waals surface area contributed by atoms with Crippen molar-refractivity contribution in [3.05, 3.63) is 53.7 Å². The summed E-state index contributed by atoms with van der Waals surface area (Å²) in [7, 11) is 0. The average Bonchev–Trinajstić information content (AvgIpc) is 3.53. The fourth-order valence-electron chi connectivity index (χ4n) is 3.56. The minimum atomic E-state index is -4.75. The summed E-state index contributed by atoms with van der Waals surface area (Å²) in [6.45, 7) is 1.01. The zero-order valence-electron chi connectivity index (χ0n) is 18.2. The van der Waals surface area contributed by atoms with Crippen molar-refractivity contribution in [3.63, 3.8) is 0 Å². The van der Waals surface area contributed by atoms with Crippen LogP contribution in [-0.2, 0) is 17.5 Å². The molecule has 0 saturated carbocycles. The van der Waals surface area contributed by atoms with E-state index in [-0.39, 0.29) is 49.2 Å². The van der Waals surface area contributed by atoms with Gasteiger partial charge in [0.2, 0.25) is 5.82 Å². The number of aromatic nitrogens is 4. The highest BCUT2D eigenvalue weighted by atomic mass is 19.4. The van der Waals surface area contributed by atoms with E-state index in [1.165, 1.54) is 35.1 Å². The van der Waals surface area contributed by atoms with Crippen LogP contribution in [0.5, 0.6) is 0 Å². The Labute approximate surface area is 196 Å². The minimum absolute atomic E-state index is 0.111. The van der Waals surface area contributed by atoms with Crippen molar-refractivity contribution in [2.75, 3.05) is 32.9 Å². The first-order chi connectivity index (χ1) is 16.8. The lowest BCUT2D eigenvalue weighted by atomic mass is 10.1. The second-order valence-corrected chi connectivity index (χ2v) is 7.60. The summed E-state index contributed by atoms with van der Waals surface area (Å²) in [6, 6.07) is 6.77. The summed E-state index contributed by atoms with van der Waals surface area (Å²) in [4.78, 5) is 30.6. The lowest BCUT2D eigenvalue weighted by molar-refractivity contribution is -0.159. The molecule has 0 bridgehead atoms. The average molecular weight is 494 g/mol. The van der Waals surface area contributed by atoms with E-state index >= 15 is 0 Å². The maximum absolute atomic E-state index is 13.0. The normalized spacial score (nSPS) is 16.3. The lowest BCUT2D eigenvalue weighted by Crippen LogP contribution is -2.53. The standard InChI is InChI=1S/C21H21F3N6O5/c22-21(23,24)20-27-17(28-35-20)13-1-3-14(4-2-13)18(32)25-11-15-12-34-10-8-29(15)19(33)16-5-6-26-30(16)7-9-31/h1-6,15,31H,7-12H2,(H,25,32)/t15-/m0/s1. The topological polar surface area (TPSA) is 136 Å². The van der Waals surface area contributed by atoms with Crippen molar-refractivity contribution < 1.29 is 37.1 Å². The van der Waals surface area contributed by atoms with E-state index in [9.17, 15) is 22.8 Å². The molecule has 0 aliphatic carbocycles. The van der Waals surface area contributed by atoms with E-state index in [0.717, 1.165) is 0 Å². The van der Waals surface area contributed by atoms with E-state index in [1.54, 1.807) is 11.0 Å². The minimum Gasteiger partial charge on any atom is -0.394 e. The molecule has 35 heavy (non-hydrogen) atoms. The van der Waals surface area contributed by atoms with Crippen LogP contribution in [0.1, 0.15) is 26.7 Å². The molecule has 0 unspecified atom stereocenters. The van der Waals surface area contributed by atoms with Crippen LogP contribution in [0.2, 0.25) is 0 Å². The quantitative estimate of drug-likeness (QED) is 0.501. The summed E-state index contributed by atoms with van der Waals surface area (Å²) in [6.07, 6.45) is -3.27. The molecular formula is C21H21F3N6O5. The third kappa shape index (κ3) is 5.49. The van der Waals surface area contributed by atoms with Gasteiger partial charge in [-0.25, -0.2) is 0 Å². The van der Waals surface area contributed by atoms with Crippen LogP contribution in [0.4, 0.5) is 13.2 Å². The van der Waals surface area contributed by atoms with Gasteiger partial charge in [0.25, 0.3) is 11.8 Å². The molecule has 186 valence electrons. The van der Waals surface area contributed by atoms with Gasteiger partial charge >= 0.3 is 12.1 Å². The van der Waals surface area contributed by atoms with Gasteiger partial charge in [0, 0.05) is 30.4 Å². The summed E-state index contributed by atoms with van der Waals surface area (Å²) in [5.41, 5.74) is 0.824. The van der Waals surface area contributed by atoms with Gasteiger partial charge in [-0.1, -0.05) is 17.3 Å². The number of hydrogen-bond donors (Lipinski definition) is 2. The predicted octanol–water partition coefficient (Wildman–Crippen LogP) is 1.22. The zero-order chi connectivity index (χ0) is 25.0. The number of nitrogens with one attached hydrogen (secondary N) is 1. The fourth-order valence-corrected chi connectivity index (χ4v) is 3.56. The van der Waals surface area contributed by atoms with Crippen LogP contribution in [0.25, 0.3) is 11.4 Å². The van der Waals surface area contributed by atoms with Gasteiger partial charge in [-0.2, -0.15) is 23.3 Å². The highest BCUT2D eigenvalue weighted by Gasteiger charge is 2.38. The summed E-state index contributed by atoms with van der Waals surface area (Å²) >= 11 is 0. The Kier molecular flexibility index (Phi) is 7.12. The van der Waals surface area contributed by atoms with Crippen molar-refractivity contribution in [3.8, 4) is 11.4 Å². The number of alkyl halides is 3. The Morgan fingerprint density at radius 3 is 2.66 bits per heavy atom. The molecule has 1 aliphatic heterocycles. The number of nitrogens with zero attached hydrogens (tertiary/aromatic N) is 5. The largest absolute Gasteiger partial charge is 0.471 e. The van der Waals surface area contributed by atoms with E-state index in [0.29, 0.717) is 18.8 Å². The number of ether oxygens (including phenoxy) is 1. The van der Waals surface area contributed by atoms with E-state index in [2.05, 4.69) is 25.1 Å². The van der Waals surface area contributed by atoms with Crippen LogP contribution >= 0.6 is 0 Å². The number of morpholine rings is 1. The summed E-state index contributed by atoms with van der Waals surface area (Å²) in [5.74, 6) is -2.44. The number of amides is 2. The lowest BCUT2D eigenvalue weighted by Gasteiger charge is -2.35. The molecule has 1 fully saturated rings. The van der Waals surface area contributed by atoms with Gasteiger partial charge < -0.3 is 24.6 Å². The van der Waals surface area contributed by atoms with Gasteiger partial charge in [-0.05, 0) is 18.2 Å². The highest BCUT2D eigenvalue weighted by molar-refractivity contribution is 5.95. The number of benzene rings is 1. The fraction of sp³-hybridized carbons (Fsp3) is 0.381. The third-order valence-corrected chi connectivity index (χ3v) is 5.31. The van der Waals surface area contributed by atoms with Gasteiger partial charge in [0.1, 0.15) is 5.69 Å². The highest BCUT2D eigenvalue weighted by Crippen LogP contribution is 2.29. The Hall–Kier alpha value is -3.78. The third-order valence-electron chi connectivity index (χ3n) is 5.31. The Morgan fingerprint density at radius 2 is 1.97 bits per heavy atom. The molecule has 0 radical (unpaired) electrons. The van der Waals surface area contributed by atoms with Crippen molar-refractivity contribution in [2.24, 2.45) is 0 Å². The molecule has 0 spiro atoms. The summed E-state index contributed by atoms with van der Waals surface area (Å²) in [5, 5.41) is 19.3. The smallest absolute Gasteiger partial charge is 0.394 e. The zero-order valence-corrected chi connectivity index (χ0v) is 18.2. The first kappa shape index (κ1) is 24.3. The number of hydrogen-bond acceptors (Lipinski definition) is 8. The molecule has 1 aromatic carbocycles. The van der Waals surface area contributed by atoms with Gasteiger partial charge in [-0.15, -0.1) is 0 Å². The molecule has 3 aromatic rings. The molecule has 1 aliphatic rings. The molecule has 2 aromatic heterocycles. The molecule has 2 amide bonds. The second-order valence-electron chi connectivity index (χ2n) is 7.60. The molecule has 2 N–H and O–H groups in total. The van der Waals surface area contributed by atoms with Crippen LogP contribution in [0, 0.1) is 0 Å². The maximum atomic E-state index is 13.0. The maximum Gasteiger partial charge on any atom is 0.471 e. The van der Waals surface area contributed by atoms with Crippen LogP contribution < -0.4 is 5.32 Å². The number of halogens is 3. The van der Waals surface area contributed by atoms with Crippen molar-refractivity contribution in [2.45, 2.75) is 18.8 Å². The van der Waals surface area contributed by atoms with Gasteiger partial charge in [0.05, 0.1) is 32.4 Å². The number of rotatable bonds is 7. The first-order valence-corrected chi connectivity index (χ1v) is 10.6. The number of aliphatic hydroxyl groups is 1. The molecule has 14 heteroatoms. The second kappa shape index (κ2) is 10.2. The Morgan fingerprint density at radius 1 is 1.20 bits per heavy atom. The molecule has 1 saturated heterocycles.